The van der Waals surface area contributed by atoms with E-state index in [-0.39, 0.29) is 5.41 Å². The van der Waals surface area contributed by atoms with E-state index in [0.717, 1.165) is 70.6 Å². The van der Waals surface area contributed by atoms with Crippen LogP contribution in [-0.4, -0.2) is 33.4 Å². The molecule has 5 nitrogen and oxygen atoms in total. The lowest BCUT2D eigenvalue weighted by Crippen LogP contribution is -2.36. The van der Waals surface area contributed by atoms with Gasteiger partial charge in [0.25, 0.3) is 0 Å². The van der Waals surface area contributed by atoms with Crippen molar-refractivity contribution in [3.05, 3.63) is 130 Å². The summed E-state index contributed by atoms with van der Waals surface area (Å²) in [5, 5.41) is 12.1. The Morgan fingerprint density at radius 2 is 1.53 bits per heavy atom. The molecule has 2 aliphatic heterocycles. The third kappa shape index (κ3) is 4.25. The van der Waals surface area contributed by atoms with Crippen LogP contribution in [0.1, 0.15) is 60.1 Å². The summed E-state index contributed by atoms with van der Waals surface area (Å²) in [5.74, 6) is 1.68. The lowest BCUT2D eigenvalue weighted by atomic mass is 9.71. The zero-order valence-corrected chi connectivity index (χ0v) is 27.2. The minimum absolute atomic E-state index is 0.276. The van der Waals surface area contributed by atoms with Gasteiger partial charge in [-0.1, -0.05) is 86.7 Å². The van der Waals surface area contributed by atoms with E-state index >= 15 is 0 Å². The number of benzene rings is 5. The maximum atomic E-state index is 9.97. The number of rotatable bonds is 6. The number of hydrogen-bond donors (Lipinski definition) is 0. The highest BCUT2D eigenvalue weighted by Gasteiger charge is 2.47. The molecule has 0 atom stereocenters. The molecule has 5 aromatic rings. The number of methoxy groups -OCH3 is 1. The van der Waals surface area contributed by atoms with E-state index in [1.165, 1.54) is 22.3 Å². The summed E-state index contributed by atoms with van der Waals surface area (Å²) in [6, 6.07) is 34.2. The molecule has 234 valence electrons. The fourth-order valence-corrected chi connectivity index (χ4v) is 8.34. The van der Waals surface area contributed by atoms with Gasteiger partial charge in [-0.2, -0.15) is 5.26 Å². The van der Waals surface area contributed by atoms with Crippen LogP contribution in [0.5, 0.6) is 11.5 Å². The Balaban J connectivity index is 1.50. The van der Waals surface area contributed by atoms with Crippen molar-refractivity contribution in [2.75, 3.05) is 38.3 Å². The zero-order valence-electron chi connectivity index (χ0n) is 27.2. The van der Waals surface area contributed by atoms with Crippen molar-refractivity contribution in [3.63, 3.8) is 0 Å². The second-order valence-electron chi connectivity index (χ2n) is 12.7. The molecule has 0 radical (unpaired) electrons. The second-order valence-corrected chi connectivity index (χ2v) is 12.7. The van der Waals surface area contributed by atoms with Gasteiger partial charge in [0.1, 0.15) is 11.5 Å². The third-order valence-corrected chi connectivity index (χ3v) is 10.7. The van der Waals surface area contributed by atoms with Crippen molar-refractivity contribution >= 4 is 22.5 Å². The van der Waals surface area contributed by atoms with Gasteiger partial charge in [-0.15, -0.1) is 0 Å². The van der Waals surface area contributed by atoms with Gasteiger partial charge in [-0.25, -0.2) is 0 Å². The average molecular weight is 619 g/mol. The molecule has 0 unspecified atom stereocenters. The Hall–Kier alpha value is -5.05. The standard InChI is InChI=1S/C42H38N2O3/c1-4-41(5-2)35-24-28(27-43)16-17-31(35)38-33-25-36(44-20-22-46-23-21-44)37(45-3)26-34(33)40-32(39(38)41)18-19-42(47-40,29-12-8-6-9-13-29)30-14-10-7-11-15-30/h6-19,24-26H,4-5,20-23H2,1-3H3. The Morgan fingerprint density at radius 1 is 0.851 bits per heavy atom. The van der Waals surface area contributed by atoms with Gasteiger partial charge in [0.15, 0.2) is 5.60 Å². The highest BCUT2D eigenvalue weighted by molar-refractivity contribution is 6.10. The SMILES string of the molecule is CCC1(CC)c2cc(C#N)ccc2-c2c1c1c(c3cc(OC)c(N4CCOCC4)cc23)OC(c2ccccc2)(c2ccccc2)C=C1. The number of ether oxygens (including phenoxy) is 3. The molecule has 0 saturated carbocycles. The molecule has 0 spiro atoms. The molecule has 8 rings (SSSR count). The van der Waals surface area contributed by atoms with Gasteiger partial charge < -0.3 is 19.1 Å². The molecule has 1 fully saturated rings. The lowest BCUT2D eigenvalue weighted by Gasteiger charge is -2.39. The number of anilines is 1. The van der Waals surface area contributed by atoms with Gasteiger partial charge in [-0.05, 0) is 70.8 Å². The van der Waals surface area contributed by atoms with E-state index in [9.17, 15) is 5.26 Å². The van der Waals surface area contributed by atoms with Crippen LogP contribution in [-0.2, 0) is 15.8 Å². The quantitative estimate of drug-likeness (QED) is 0.190. The van der Waals surface area contributed by atoms with Crippen LogP contribution >= 0.6 is 0 Å². The lowest BCUT2D eigenvalue weighted by molar-refractivity contribution is 0.122. The fraction of sp³-hybridized carbons (Fsp3) is 0.262. The van der Waals surface area contributed by atoms with Gasteiger partial charge in [-0.3, -0.25) is 0 Å². The largest absolute Gasteiger partial charge is 0.495 e. The summed E-state index contributed by atoms with van der Waals surface area (Å²) in [4.78, 5) is 2.37. The van der Waals surface area contributed by atoms with Crippen molar-refractivity contribution in [1.82, 2.24) is 0 Å². The van der Waals surface area contributed by atoms with Crippen LogP contribution in [0.15, 0.2) is 97.1 Å². The predicted octanol–water partition coefficient (Wildman–Crippen LogP) is 8.99. The highest BCUT2D eigenvalue weighted by atomic mass is 16.5. The number of hydrogen-bond acceptors (Lipinski definition) is 5. The zero-order chi connectivity index (χ0) is 32.2. The van der Waals surface area contributed by atoms with Crippen LogP contribution in [0.2, 0.25) is 0 Å². The van der Waals surface area contributed by atoms with Crippen LogP contribution in [0.4, 0.5) is 5.69 Å². The Bertz CT molecular complexity index is 2030. The maximum Gasteiger partial charge on any atom is 0.178 e. The maximum absolute atomic E-state index is 9.97. The second kappa shape index (κ2) is 11.3. The summed E-state index contributed by atoms with van der Waals surface area (Å²) in [7, 11) is 1.75. The summed E-state index contributed by atoms with van der Waals surface area (Å²) in [6.45, 7) is 7.52. The summed E-state index contributed by atoms with van der Waals surface area (Å²) >= 11 is 0. The highest BCUT2D eigenvalue weighted by Crippen LogP contribution is 2.61. The average Bonchev–Trinajstić information content (AvgIpc) is 3.45. The third-order valence-electron chi connectivity index (χ3n) is 10.7. The fourth-order valence-electron chi connectivity index (χ4n) is 8.34. The Morgan fingerprint density at radius 3 is 2.15 bits per heavy atom. The molecule has 2 heterocycles. The first kappa shape index (κ1) is 29.4. The van der Waals surface area contributed by atoms with Crippen LogP contribution in [0.3, 0.4) is 0 Å². The topological polar surface area (TPSA) is 54.7 Å². The van der Waals surface area contributed by atoms with Crippen molar-refractivity contribution < 1.29 is 14.2 Å². The van der Waals surface area contributed by atoms with Crippen molar-refractivity contribution in [3.8, 4) is 28.7 Å². The van der Waals surface area contributed by atoms with E-state index in [2.05, 4.69) is 110 Å². The monoisotopic (exact) mass is 618 g/mol. The van der Waals surface area contributed by atoms with E-state index < -0.39 is 5.60 Å². The number of nitrogens with zero attached hydrogens (tertiary/aromatic N) is 2. The normalized spacial score (nSPS) is 16.9. The summed E-state index contributed by atoms with van der Waals surface area (Å²) < 4.78 is 19.4. The van der Waals surface area contributed by atoms with E-state index in [1.54, 1.807) is 7.11 Å². The first-order chi connectivity index (χ1) is 23.1. The van der Waals surface area contributed by atoms with E-state index in [1.807, 2.05) is 18.2 Å². The van der Waals surface area contributed by atoms with Crippen LogP contribution < -0.4 is 14.4 Å². The summed E-state index contributed by atoms with van der Waals surface area (Å²) in [5.41, 5.74) is 8.85. The van der Waals surface area contributed by atoms with Gasteiger partial charge in [0.05, 0.1) is 37.6 Å². The number of fused-ring (bicyclic) bond motifs is 8. The summed E-state index contributed by atoms with van der Waals surface area (Å²) in [6.07, 6.45) is 6.35. The molecule has 1 aliphatic carbocycles. The van der Waals surface area contributed by atoms with E-state index in [4.69, 9.17) is 14.2 Å². The Kier molecular flexibility index (Phi) is 7.08. The van der Waals surface area contributed by atoms with Crippen LogP contribution in [0.25, 0.3) is 28.0 Å². The molecular formula is C42H38N2O3. The molecule has 5 aromatic carbocycles. The first-order valence-electron chi connectivity index (χ1n) is 16.7. The minimum atomic E-state index is -0.826. The molecule has 47 heavy (non-hydrogen) atoms. The van der Waals surface area contributed by atoms with E-state index in [0.29, 0.717) is 18.8 Å². The van der Waals surface area contributed by atoms with Gasteiger partial charge in [0, 0.05) is 40.6 Å². The molecule has 0 bridgehead atoms. The molecule has 0 aromatic heterocycles. The molecule has 5 heteroatoms. The smallest absolute Gasteiger partial charge is 0.178 e. The van der Waals surface area contributed by atoms with Gasteiger partial charge in [0.2, 0.25) is 0 Å². The number of morpholine rings is 1. The number of nitriles is 1. The first-order valence-corrected chi connectivity index (χ1v) is 16.7. The molecule has 1 saturated heterocycles. The molecule has 3 aliphatic rings. The predicted molar refractivity (Wildman–Crippen MR) is 188 cm³/mol. The van der Waals surface area contributed by atoms with Gasteiger partial charge >= 0.3 is 0 Å². The Labute approximate surface area is 276 Å². The molecule has 0 amide bonds. The minimum Gasteiger partial charge on any atom is -0.495 e. The van der Waals surface area contributed by atoms with Crippen molar-refractivity contribution in [1.29, 1.82) is 5.26 Å². The van der Waals surface area contributed by atoms with Crippen molar-refractivity contribution in [2.24, 2.45) is 0 Å². The van der Waals surface area contributed by atoms with Crippen LogP contribution in [0, 0.1) is 11.3 Å². The molecule has 0 N–H and O–H groups in total. The molecular weight excluding hydrogens is 580 g/mol. The van der Waals surface area contributed by atoms with Crippen molar-refractivity contribution in [2.45, 2.75) is 37.7 Å².